The van der Waals surface area contributed by atoms with Crippen LogP contribution in [-0.4, -0.2) is 34.1 Å². The Labute approximate surface area is 112 Å². The summed E-state index contributed by atoms with van der Waals surface area (Å²) in [5, 5.41) is 12.1. The molecule has 2 atom stereocenters. The minimum absolute atomic E-state index is 0.0748. The fraction of sp³-hybridized carbons (Fsp3) is 0.429. The molecule has 2 unspecified atom stereocenters. The zero-order valence-electron chi connectivity index (χ0n) is 11.0. The number of rotatable bonds is 4. The smallest absolute Gasteiger partial charge is 0.328 e. The second-order valence-corrected chi connectivity index (χ2v) is 5.12. The third-order valence-corrected chi connectivity index (χ3v) is 3.39. The largest absolute Gasteiger partial charge is 0.480 e. The molecule has 1 aliphatic rings. The Kier molecular flexibility index (Phi) is 3.74. The number of hydrogen-bond donors (Lipinski definition) is 2. The predicted octanol–water partition coefficient (Wildman–Crippen LogP) is 1.69. The van der Waals surface area contributed by atoms with Crippen LogP contribution in [-0.2, 0) is 11.3 Å². The molecular weight excluding hydrogens is 244 g/mol. The zero-order valence-corrected chi connectivity index (χ0v) is 11.0. The number of nitrogens with one attached hydrogen (secondary N) is 1. The van der Waals surface area contributed by atoms with Gasteiger partial charge in [0.2, 0.25) is 0 Å². The average molecular weight is 262 g/mol. The molecule has 19 heavy (non-hydrogen) atoms. The first-order chi connectivity index (χ1) is 9.00. The number of aliphatic carboxylic acids is 1. The van der Waals surface area contributed by atoms with Gasteiger partial charge in [-0.3, -0.25) is 0 Å². The van der Waals surface area contributed by atoms with Gasteiger partial charge in [-0.1, -0.05) is 44.2 Å². The highest BCUT2D eigenvalue weighted by Gasteiger charge is 2.45. The molecule has 2 amide bonds. The number of nitrogens with zero attached hydrogens (tertiary/aromatic N) is 1. The molecule has 0 aromatic heterocycles. The zero-order chi connectivity index (χ0) is 14.0. The maximum absolute atomic E-state index is 12.0. The van der Waals surface area contributed by atoms with Crippen LogP contribution in [0.25, 0.3) is 0 Å². The van der Waals surface area contributed by atoms with Crippen molar-refractivity contribution in [1.82, 2.24) is 10.2 Å². The molecule has 0 bridgehead atoms. The summed E-state index contributed by atoms with van der Waals surface area (Å²) in [4.78, 5) is 24.8. The van der Waals surface area contributed by atoms with E-state index in [-0.39, 0.29) is 18.0 Å². The van der Waals surface area contributed by atoms with E-state index in [1.54, 1.807) is 0 Å². The van der Waals surface area contributed by atoms with E-state index in [4.69, 9.17) is 0 Å². The lowest BCUT2D eigenvalue weighted by Crippen LogP contribution is -2.45. The molecule has 0 radical (unpaired) electrons. The standard InChI is InChI=1S/C14H18N2O3/c1-9(2)11-12(13(17)18)16(14(19)15-11)8-10-6-4-3-5-7-10/h3-7,9,11-12H,8H2,1-2H3,(H,15,19)(H,17,18). The van der Waals surface area contributed by atoms with Crippen LogP contribution in [0.2, 0.25) is 0 Å². The van der Waals surface area contributed by atoms with Gasteiger partial charge in [0.1, 0.15) is 0 Å². The maximum Gasteiger partial charge on any atom is 0.328 e. The SMILES string of the molecule is CC(C)C1NC(=O)N(Cc2ccccc2)C1C(=O)O. The van der Waals surface area contributed by atoms with E-state index in [1.807, 2.05) is 44.2 Å². The molecule has 2 N–H and O–H groups in total. The van der Waals surface area contributed by atoms with E-state index in [1.165, 1.54) is 4.90 Å². The van der Waals surface area contributed by atoms with Gasteiger partial charge < -0.3 is 15.3 Å². The first-order valence-electron chi connectivity index (χ1n) is 6.34. The van der Waals surface area contributed by atoms with Gasteiger partial charge in [0.25, 0.3) is 0 Å². The van der Waals surface area contributed by atoms with Gasteiger partial charge in [-0.15, -0.1) is 0 Å². The Morgan fingerprint density at radius 3 is 2.53 bits per heavy atom. The van der Waals surface area contributed by atoms with Crippen molar-refractivity contribution < 1.29 is 14.7 Å². The van der Waals surface area contributed by atoms with Gasteiger partial charge in [0.05, 0.1) is 6.04 Å². The van der Waals surface area contributed by atoms with E-state index < -0.39 is 12.0 Å². The van der Waals surface area contributed by atoms with Crippen LogP contribution in [0, 0.1) is 5.92 Å². The molecular formula is C14H18N2O3. The lowest BCUT2D eigenvalue weighted by atomic mass is 9.97. The van der Waals surface area contributed by atoms with E-state index in [2.05, 4.69) is 5.32 Å². The fourth-order valence-electron chi connectivity index (χ4n) is 2.39. The van der Waals surface area contributed by atoms with Crippen molar-refractivity contribution in [2.75, 3.05) is 0 Å². The van der Waals surface area contributed by atoms with Crippen molar-refractivity contribution in [1.29, 1.82) is 0 Å². The van der Waals surface area contributed by atoms with Gasteiger partial charge in [-0.25, -0.2) is 9.59 Å². The first kappa shape index (κ1) is 13.4. The summed E-state index contributed by atoms with van der Waals surface area (Å²) in [6.45, 7) is 4.13. The van der Waals surface area contributed by atoms with Crippen LogP contribution in [0.1, 0.15) is 19.4 Å². The second-order valence-electron chi connectivity index (χ2n) is 5.12. The van der Waals surface area contributed by atoms with Crippen LogP contribution in [0.15, 0.2) is 30.3 Å². The number of hydrogen-bond acceptors (Lipinski definition) is 2. The quantitative estimate of drug-likeness (QED) is 0.867. The van der Waals surface area contributed by atoms with Crippen molar-refractivity contribution >= 4 is 12.0 Å². The highest BCUT2D eigenvalue weighted by Crippen LogP contribution is 2.22. The van der Waals surface area contributed by atoms with Crippen LogP contribution in [0.5, 0.6) is 0 Å². The van der Waals surface area contributed by atoms with Gasteiger partial charge >= 0.3 is 12.0 Å². The highest BCUT2D eigenvalue weighted by atomic mass is 16.4. The summed E-state index contributed by atoms with van der Waals surface area (Å²) >= 11 is 0. The molecule has 102 valence electrons. The van der Waals surface area contributed by atoms with Gasteiger partial charge in [-0.05, 0) is 11.5 Å². The molecule has 0 spiro atoms. The van der Waals surface area contributed by atoms with Crippen molar-refractivity contribution in [2.45, 2.75) is 32.5 Å². The summed E-state index contributed by atoms with van der Waals surface area (Å²) in [5.74, 6) is -0.890. The molecule has 1 aromatic carbocycles. The maximum atomic E-state index is 12.0. The molecule has 1 aliphatic heterocycles. The second kappa shape index (κ2) is 5.30. The molecule has 5 heteroatoms. The normalized spacial score (nSPS) is 22.7. The van der Waals surface area contributed by atoms with Crippen molar-refractivity contribution in [2.24, 2.45) is 5.92 Å². The topological polar surface area (TPSA) is 69.6 Å². The molecule has 2 rings (SSSR count). The van der Waals surface area contributed by atoms with Gasteiger partial charge in [0, 0.05) is 6.54 Å². The monoisotopic (exact) mass is 262 g/mol. The number of carbonyl (C=O) groups excluding carboxylic acids is 1. The molecule has 1 fully saturated rings. The van der Waals surface area contributed by atoms with E-state index in [9.17, 15) is 14.7 Å². The molecule has 1 saturated heterocycles. The number of carboxylic acid groups (broad SMARTS) is 1. The number of amides is 2. The molecule has 0 saturated carbocycles. The lowest BCUT2D eigenvalue weighted by molar-refractivity contribution is -0.142. The van der Waals surface area contributed by atoms with Gasteiger partial charge in [0.15, 0.2) is 6.04 Å². The van der Waals surface area contributed by atoms with Crippen LogP contribution >= 0.6 is 0 Å². The summed E-state index contributed by atoms with van der Waals surface area (Å²) in [6, 6.07) is 7.93. The third-order valence-electron chi connectivity index (χ3n) is 3.39. The van der Waals surface area contributed by atoms with Crippen LogP contribution in [0.4, 0.5) is 4.79 Å². The Morgan fingerprint density at radius 2 is 2.00 bits per heavy atom. The van der Waals surface area contributed by atoms with E-state index >= 15 is 0 Å². The van der Waals surface area contributed by atoms with E-state index in [0.717, 1.165) is 5.56 Å². The van der Waals surface area contributed by atoms with Crippen molar-refractivity contribution in [3.05, 3.63) is 35.9 Å². The number of urea groups is 1. The van der Waals surface area contributed by atoms with E-state index in [0.29, 0.717) is 6.54 Å². The highest BCUT2D eigenvalue weighted by molar-refractivity contribution is 5.87. The Bertz CT molecular complexity index is 473. The molecule has 5 nitrogen and oxygen atoms in total. The Morgan fingerprint density at radius 1 is 1.37 bits per heavy atom. The van der Waals surface area contributed by atoms with Crippen molar-refractivity contribution in [3.63, 3.8) is 0 Å². The molecule has 1 aromatic rings. The number of benzene rings is 1. The Balaban J connectivity index is 2.22. The van der Waals surface area contributed by atoms with Gasteiger partial charge in [-0.2, -0.15) is 0 Å². The molecule has 0 aliphatic carbocycles. The third kappa shape index (κ3) is 2.70. The summed E-state index contributed by atoms with van der Waals surface area (Å²) in [5.41, 5.74) is 0.924. The fourth-order valence-corrected chi connectivity index (χ4v) is 2.39. The number of carbonyl (C=O) groups is 2. The van der Waals surface area contributed by atoms with Crippen LogP contribution in [0.3, 0.4) is 0 Å². The minimum Gasteiger partial charge on any atom is -0.480 e. The van der Waals surface area contributed by atoms with Crippen molar-refractivity contribution in [3.8, 4) is 0 Å². The number of carboxylic acids is 1. The Hall–Kier alpha value is -2.04. The molecule has 1 heterocycles. The predicted molar refractivity (Wildman–Crippen MR) is 70.6 cm³/mol. The summed E-state index contributed by atoms with van der Waals surface area (Å²) < 4.78 is 0. The lowest BCUT2D eigenvalue weighted by Gasteiger charge is -2.24. The van der Waals surface area contributed by atoms with Crippen LogP contribution < -0.4 is 5.32 Å². The first-order valence-corrected chi connectivity index (χ1v) is 6.34. The summed E-state index contributed by atoms with van der Waals surface area (Å²) in [6.07, 6.45) is 0. The minimum atomic E-state index is -0.965. The average Bonchev–Trinajstić information content (AvgIpc) is 2.68. The summed E-state index contributed by atoms with van der Waals surface area (Å²) in [7, 11) is 0.